The van der Waals surface area contributed by atoms with E-state index in [1.165, 1.54) is 10.6 Å². The van der Waals surface area contributed by atoms with Crippen LogP contribution in [-0.2, 0) is 29.3 Å². The summed E-state index contributed by atoms with van der Waals surface area (Å²) in [5.74, 6) is 0.0335. The number of nitrogens with two attached hydrogens (primary N) is 1. The molecule has 0 aliphatic carbocycles. The first-order chi connectivity index (χ1) is 18.7. The molecular weight excluding hydrogens is 518 g/mol. The minimum Gasteiger partial charge on any atom is -0.380 e. The summed E-state index contributed by atoms with van der Waals surface area (Å²) in [4.78, 5) is 29.4. The fourth-order valence-electron chi connectivity index (χ4n) is 4.28. The molecule has 0 fully saturated rings. The number of benzene rings is 2. The highest BCUT2D eigenvalue weighted by Gasteiger charge is 2.16. The van der Waals surface area contributed by atoms with Crippen molar-refractivity contribution in [3.05, 3.63) is 117 Å². The second-order valence-corrected chi connectivity index (χ2v) is 11.2. The van der Waals surface area contributed by atoms with E-state index in [-0.39, 0.29) is 29.5 Å². The van der Waals surface area contributed by atoms with Gasteiger partial charge in [0.2, 0.25) is 0 Å². The van der Waals surface area contributed by atoms with Crippen molar-refractivity contribution in [1.29, 1.82) is 0 Å². The molecule has 0 atom stereocenters. The van der Waals surface area contributed by atoms with Gasteiger partial charge in [-0.3, -0.25) is 14.6 Å². The van der Waals surface area contributed by atoms with E-state index >= 15 is 0 Å². The molecule has 5 rings (SSSR count). The van der Waals surface area contributed by atoms with E-state index in [1.54, 1.807) is 67.0 Å². The average molecular weight is 544 g/mol. The number of nitrogen functional groups attached to an aromatic ring is 1. The van der Waals surface area contributed by atoms with E-state index in [0.29, 0.717) is 45.6 Å². The number of carbonyl (C=O) groups is 1. The Morgan fingerprint density at radius 3 is 2.67 bits per heavy atom. The smallest absolute Gasteiger partial charge is 0.251 e. The molecule has 3 heterocycles. The topological polar surface area (TPSA) is 150 Å². The van der Waals surface area contributed by atoms with Crippen LogP contribution in [0.15, 0.2) is 93.3 Å². The van der Waals surface area contributed by atoms with Gasteiger partial charge in [0.15, 0.2) is 21.2 Å². The van der Waals surface area contributed by atoms with Crippen LogP contribution < -0.4 is 16.6 Å². The van der Waals surface area contributed by atoms with Crippen LogP contribution in [0, 0.1) is 0 Å². The van der Waals surface area contributed by atoms with E-state index in [0.717, 1.165) is 11.8 Å². The highest BCUT2D eigenvalue weighted by Crippen LogP contribution is 2.22. The molecule has 2 aromatic carbocycles. The number of sulfone groups is 1. The lowest BCUT2D eigenvalue weighted by Gasteiger charge is -2.12. The molecule has 5 aromatic rings. The molecule has 1 amide bonds. The summed E-state index contributed by atoms with van der Waals surface area (Å²) in [6.45, 7) is 0.406. The van der Waals surface area contributed by atoms with Gasteiger partial charge in [-0.25, -0.2) is 8.42 Å². The Balaban J connectivity index is 1.31. The average Bonchev–Trinajstić information content (AvgIpc) is 3.28. The first kappa shape index (κ1) is 25.9. The van der Waals surface area contributed by atoms with Crippen LogP contribution in [-0.4, -0.2) is 35.3 Å². The summed E-state index contributed by atoms with van der Waals surface area (Å²) < 4.78 is 31.8. The van der Waals surface area contributed by atoms with Crippen molar-refractivity contribution < 1.29 is 17.7 Å². The fraction of sp³-hybridized carbons (Fsp3) is 0.143. The monoisotopic (exact) mass is 543 g/mol. The van der Waals surface area contributed by atoms with Gasteiger partial charge in [-0.2, -0.15) is 0 Å². The summed E-state index contributed by atoms with van der Waals surface area (Å²) in [5.41, 5.74) is 9.15. The molecule has 0 radical (unpaired) electrons. The zero-order chi connectivity index (χ0) is 27.6. The summed E-state index contributed by atoms with van der Waals surface area (Å²) in [6, 6.07) is 18.6. The molecule has 3 aromatic heterocycles. The number of hydrogen-bond donors (Lipinski definition) is 2. The van der Waals surface area contributed by atoms with Crippen LogP contribution in [0.2, 0.25) is 0 Å². The number of nitrogens with zero attached hydrogens (tertiary/aromatic N) is 3. The molecule has 0 aliphatic heterocycles. The quantitative estimate of drug-likeness (QED) is 0.303. The third kappa shape index (κ3) is 5.88. The second-order valence-electron chi connectivity index (χ2n) is 9.17. The van der Waals surface area contributed by atoms with E-state index in [4.69, 9.17) is 10.3 Å². The minimum atomic E-state index is -3.57. The van der Waals surface area contributed by atoms with Gasteiger partial charge < -0.3 is 20.1 Å². The maximum atomic E-state index is 12.8. The van der Waals surface area contributed by atoms with Crippen molar-refractivity contribution in [1.82, 2.24) is 20.0 Å². The zero-order valence-corrected chi connectivity index (χ0v) is 21.8. The first-order valence-corrected chi connectivity index (χ1v) is 13.9. The SMILES string of the molecule is CS(=O)(=O)c1cc(Cc2cc(C(=O)NCc3ccc4c(N)noc4c3)ccn2)ccc1Cn1ccccc1=O. The van der Waals surface area contributed by atoms with Crippen LogP contribution in [0.4, 0.5) is 5.82 Å². The normalized spacial score (nSPS) is 11.5. The number of carbonyl (C=O) groups excluding carboxylic acids is 1. The number of hydrogen-bond acceptors (Lipinski definition) is 8. The number of pyridine rings is 2. The van der Waals surface area contributed by atoms with Crippen molar-refractivity contribution in [2.75, 3.05) is 12.0 Å². The van der Waals surface area contributed by atoms with Crippen molar-refractivity contribution in [3.8, 4) is 0 Å². The third-order valence-corrected chi connectivity index (χ3v) is 7.43. The molecule has 39 heavy (non-hydrogen) atoms. The molecule has 198 valence electrons. The van der Waals surface area contributed by atoms with Gasteiger partial charge in [0, 0.05) is 48.9 Å². The molecule has 10 nitrogen and oxygen atoms in total. The lowest BCUT2D eigenvalue weighted by molar-refractivity contribution is 0.0950. The minimum absolute atomic E-state index is 0.132. The highest BCUT2D eigenvalue weighted by molar-refractivity contribution is 7.90. The Morgan fingerprint density at radius 2 is 1.87 bits per heavy atom. The number of anilines is 1. The van der Waals surface area contributed by atoms with Crippen LogP contribution in [0.25, 0.3) is 11.0 Å². The molecule has 0 saturated carbocycles. The van der Waals surface area contributed by atoms with Crippen molar-refractivity contribution in [3.63, 3.8) is 0 Å². The summed E-state index contributed by atoms with van der Waals surface area (Å²) in [6.07, 6.45) is 4.62. The molecule has 3 N–H and O–H groups in total. The number of fused-ring (bicyclic) bond motifs is 1. The first-order valence-electron chi connectivity index (χ1n) is 12.0. The van der Waals surface area contributed by atoms with Crippen molar-refractivity contribution in [2.24, 2.45) is 0 Å². The molecule has 0 saturated heterocycles. The van der Waals surface area contributed by atoms with Crippen LogP contribution in [0.5, 0.6) is 0 Å². The van der Waals surface area contributed by atoms with Gasteiger partial charge in [-0.15, -0.1) is 0 Å². The Kier molecular flexibility index (Phi) is 6.99. The summed E-state index contributed by atoms with van der Waals surface area (Å²) in [7, 11) is -3.57. The van der Waals surface area contributed by atoms with Gasteiger partial charge in [-0.1, -0.05) is 29.4 Å². The molecule has 0 unspecified atom stereocenters. The van der Waals surface area contributed by atoms with Gasteiger partial charge in [-0.05, 0) is 53.1 Å². The molecule has 11 heteroatoms. The van der Waals surface area contributed by atoms with Crippen LogP contribution >= 0.6 is 0 Å². The maximum absolute atomic E-state index is 12.8. The van der Waals surface area contributed by atoms with Gasteiger partial charge in [0.05, 0.1) is 16.8 Å². The Labute approximate surface area is 224 Å². The van der Waals surface area contributed by atoms with E-state index in [2.05, 4.69) is 15.5 Å². The largest absolute Gasteiger partial charge is 0.380 e. The zero-order valence-electron chi connectivity index (χ0n) is 21.0. The Hall–Kier alpha value is -4.77. The molecular formula is C28H25N5O5S. The van der Waals surface area contributed by atoms with Crippen LogP contribution in [0.1, 0.15) is 32.7 Å². The molecule has 0 bridgehead atoms. The predicted molar refractivity (Wildman–Crippen MR) is 146 cm³/mol. The Bertz CT molecular complexity index is 1860. The lowest BCUT2D eigenvalue weighted by atomic mass is 10.1. The van der Waals surface area contributed by atoms with Crippen molar-refractivity contribution >= 4 is 32.5 Å². The van der Waals surface area contributed by atoms with E-state index < -0.39 is 9.84 Å². The number of amides is 1. The maximum Gasteiger partial charge on any atom is 0.251 e. The fourth-order valence-corrected chi connectivity index (χ4v) is 5.25. The predicted octanol–water partition coefficient (Wildman–Crippen LogP) is 2.94. The lowest BCUT2D eigenvalue weighted by Crippen LogP contribution is -2.23. The van der Waals surface area contributed by atoms with Crippen molar-refractivity contribution in [2.45, 2.75) is 24.4 Å². The van der Waals surface area contributed by atoms with Crippen LogP contribution in [0.3, 0.4) is 0 Å². The van der Waals surface area contributed by atoms with Gasteiger partial charge >= 0.3 is 0 Å². The summed E-state index contributed by atoms with van der Waals surface area (Å²) >= 11 is 0. The third-order valence-electron chi connectivity index (χ3n) is 6.25. The molecule has 0 aliphatic rings. The highest BCUT2D eigenvalue weighted by atomic mass is 32.2. The van der Waals surface area contributed by atoms with Gasteiger partial charge in [0.25, 0.3) is 11.5 Å². The number of nitrogens with one attached hydrogen (secondary N) is 1. The van der Waals surface area contributed by atoms with E-state index in [9.17, 15) is 18.0 Å². The number of rotatable bonds is 8. The second kappa shape index (κ2) is 10.5. The molecule has 0 spiro atoms. The summed E-state index contributed by atoms with van der Waals surface area (Å²) in [5, 5.41) is 7.32. The van der Waals surface area contributed by atoms with E-state index in [1.807, 2.05) is 6.07 Å². The Morgan fingerprint density at radius 1 is 1.05 bits per heavy atom. The van der Waals surface area contributed by atoms with Gasteiger partial charge in [0.1, 0.15) is 0 Å². The standard InChI is InChI=1S/C28H25N5O5S/c1-39(36,37)25-14-18(5-7-21(25)17-33-11-3-2-4-26(33)34)12-22-15-20(9-10-30-22)28(35)31-16-19-6-8-23-24(13-19)38-32-27(23)29/h2-11,13-15H,12,16-17H2,1H3,(H2,29,32)(H,31,35). The number of aromatic nitrogens is 3.